The van der Waals surface area contributed by atoms with Crippen molar-refractivity contribution < 1.29 is 47.7 Å². The fraction of sp³-hybridized carbons (Fsp3) is 0.514. The van der Waals surface area contributed by atoms with Crippen molar-refractivity contribution in [3.63, 3.8) is 0 Å². The van der Waals surface area contributed by atoms with Crippen molar-refractivity contribution in [2.45, 2.75) is 70.8 Å². The normalized spacial score (nSPS) is 22.1. The number of Topliss-reactive ketones (excluding diaryl/α,β-unsaturated/α-hetero) is 1. The summed E-state index contributed by atoms with van der Waals surface area (Å²) in [5, 5.41) is 2.59. The molecule has 2 saturated heterocycles. The van der Waals surface area contributed by atoms with Crippen LogP contribution in [0.3, 0.4) is 0 Å². The number of benzene rings is 2. The van der Waals surface area contributed by atoms with Gasteiger partial charge in [0.1, 0.15) is 36.2 Å². The molecule has 0 aliphatic carbocycles. The quantitative estimate of drug-likeness (QED) is 0.158. The molecule has 2 aromatic rings. The zero-order valence-electron chi connectivity index (χ0n) is 28.4. The number of carbonyl (C=O) groups excluding carboxylic acids is 5. The highest BCUT2D eigenvalue weighted by Gasteiger charge is 2.43. The van der Waals surface area contributed by atoms with Crippen molar-refractivity contribution in [2.75, 3.05) is 34.0 Å². The lowest BCUT2D eigenvalue weighted by Gasteiger charge is -2.32. The molecule has 2 amide bonds. The summed E-state index contributed by atoms with van der Waals surface area (Å²) in [6, 6.07) is 7.98. The summed E-state index contributed by atoms with van der Waals surface area (Å²) >= 11 is 0. The zero-order valence-corrected chi connectivity index (χ0v) is 29.6. The van der Waals surface area contributed by atoms with Gasteiger partial charge in [0.15, 0.2) is 12.4 Å². The molecule has 1 N–H and O–H groups in total. The fourth-order valence-corrected chi connectivity index (χ4v) is 7.24. The maximum atomic E-state index is 13.5. The highest BCUT2D eigenvalue weighted by molar-refractivity contribution is 7.13. The summed E-state index contributed by atoms with van der Waals surface area (Å²) in [4.78, 5) is 66.0. The van der Waals surface area contributed by atoms with Gasteiger partial charge in [-0.15, -0.1) is 0 Å². The van der Waals surface area contributed by atoms with Gasteiger partial charge in [-0.05, 0) is 67.3 Å². The van der Waals surface area contributed by atoms with Crippen LogP contribution >= 0.6 is 9.39 Å². The molecule has 0 spiro atoms. The maximum absolute atomic E-state index is 13.5. The Labute approximate surface area is 288 Å². The predicted octanol–water partition coefficient (Wildman–Crippen LogP) is 3.76. The Morgan fingerprint density at radius 2 is 1.76 bits per heavy atom. The van der Waals surface area contributed by atoms with E-state index in [1.165, 1.54) is 12.0 Å². The second-order valence-corrected chi connectivity index (χ2v) is 13.7. The number of ketones is 1. The molecule has 5 rings (SSSR count). The highest BCUT2D eigenvalue weighted by atomic mass is 31.0. The van der Waals surface area contributed by atoms with Crippen molar-refractivity contribution in [3.05, 3.63) is 47.5 Å². The van der Waals surface area contributed by atoms with E-state index >= 15 is 0 Å². The summed E-state index contributed by atoms with van der Waals surface area (Å²) in [5.74, 6) is -0.948. The van der Waals surface area contributed by atoms with Crippen LogP contribution in [-0.2, 0) is 35.2 Å². The Bertz CT molecular complexity index is 1600. The maximum Gasteiger partial charge on any atom is 0.407 e. The first-order chi connectivity index (χ1) is 23.4. The summed E-state index contributed by atoms with van der Waals surface area (Å²) in [6.07, 6.45) is 0.919. The molecule has 264 valence electrons. The first-order valence-electron chi connectivity index (χ1n) is 16.4. The van der Waals surface area contributed by atoms with Crippen LogP contribution in [0.1, 0.15) is 56.0 Å². The van der Waals surface area contributed by atoms with Gasteiger partial charge in [-0.25, -0.2) is 9.59 Å². The van der Waals surface area contributed by atoms with Crippen molar-refractivity contribution in [1.29, 1.82) is 0 Å². The molecular formula is C35H44N3O10P. The van der Waals surface area contributed by atoms with Gasteiger partial charge >= 0.3 is 18.0 Å². The van der Waals surface area contributed by atoms with E-state index in [2.05, 4.69) is 14.7 Å². The molecule has 3 aliphatic rings. The summed E-state index contributed by atoms with van der Waals surface area (Å²) in [7, 11) is 5.40. The number of hydrogen-bond acceptors (Lipinski definition) is 11. The lowest BCUT2D eigenvalue weighted by molar-refractivity contribution is -0.149. The van der Waals surface area contributed by atoms with Crippen LogP contribution in [0, 0.1) is 11.8 Å². The van der Waals surface area contributed by atoms with Crippen LogP contribution in [-0.4, -0.2) is 97.4 Å². The molecule has 1 unspecified atom stereocenters. The SMILES string of the molecule is COC[C@H]1C[C@@H](C(=O)OCC(=O)c2ccc3c(c2)COc2cc(OC(=O)[C@@H]4CC[C@H](C)N4C(=O)[C@@H](NC(=O)OC)C(C)C)ccc2-3)N(P)C1. The van der Waals surface area contributed by atoms with Crippen LogP contribution in [0.5, 0.6) is 11.5 Å². The molecule has 14 heteroatoms. The molecule has 0 aromatic heterocycles. The highest BCUT2D eigenvalue weighted by Crippen LogP contribution is 2.40. The summed E-state index contributed by atoms with van der Waals surface area (Å²) in [5.41, 5.74) is 2.82. The number of carbonyl (C=O) groups is 5. The Hall–Kier alpha value is -4.06. The Morgan fingerprint density at radius 3 is 2.47 bits per heavy atom. The number of ether oxygens (including phenoxy) is 5. The van der Waals surface area contributed by atoms with E-state index in [9.17, 15) is 24.0 Å². The molecule has 6 atom stereocenters. The number of alkyl carbamates (subject to hydrolysis) is 1. The first-order valence-corrected chi connectivity index (χ1v) is 16.9. The van der Waals surface area contributed by atoms with Gasteiger partial charge in [0, 0.05) is 36.9 Å². The van der Waals surface area contributed by atoms with Crippen molar-refractivity contribution in [3.8, 4) is 22.6 Å². The Kier molecular flexibility index (Phi) is 11.6. The molecule has 0 saturated carbocycles. The summed E-state index contributed by atoms with van der Waals surface area (Å²) < 4.78 is 28.9. The first kappa shape index (κ1) is 36.2. The fourth-order valence-electron chi connectivity index (χ4n) is 6.70. The van der Waals surface area contributed by atoms with E-state index in [1.807, 2.05) is 31.5 Å². The summed E-state index contributed by atoms with van der Waals surface area (Å²) in [6.45, 7) is 6.54. The number of methoxy groups -OCH3 is 2. The van der Waals surface area contributed by atoms with Gasteiger partial charge < -0.3 is 33.9 Å². The van der Waals surface area contributed by atoms with Crippen molar-refractivity contribution in [1.82, 2.24) is 14.9 Å². The molecular weight excluding hydrogens is 653 g/mol. The van der Waals surface area contributed by atoms with Crippen molar-refractivity contribution in [2.24, 2.45) is 11.8 Å². The van der Waals surface area contributed by atoms with Gasteiger partial charge in [0.05, 0.1) is 13.7 Å². The second kappa shape index (κ2) is 15.7. The largest absolute Gasteiger partial charge is 0.488 e. The van der Waals surface area contributed by atoms with Crippen LogP contribution in [0.2, 0.25) is 0 Å². The molecule has 3 aliphatic heterocycles. The van der Waals surface area contributed by atoms with Crippen molar-refractivity contribution >= 4 is 39.1 Å². The third kappa shape index (κ3) is 8.06. The van der Waals surface area contributed by atoms with E-state index < -0.39 is 36.2 Å². The number of nitrogens with one attached hydrogen (secondary N) is 1. The topological polar surface area (TPSA) is 150 Å². The lowest BCUT2D eigenvalue weighted by atomic mass is 9.94. The lowest BCUT2D eigenvalue weighted by Crippen LogP contribution is -2.56. The molecule has 2 fully saturated rings. The minimum atomic E-state index is -0.862. The van der Waals surface area contributed by atoms with Gasteiger partial charge in [-0.1, -0.05) is 35.4 Å². The molecule has 0 radical (unpaired) electrons. The Morgan fingerprint density at radius 1 is 1.00 bits per heavy atom. The molecule has 13 nitrogen and oxygen atoms in total. The van der Waals surface area contributed by atoms with Gasteiger partial charge in [0.25, 0.3) is 0 Å². The van der Waals surface area contributed by atoms with Gasteiger partial charge in [-0.3, -0.25) is 19.1 Å². The number of likely N-dealkylation sites (tertiary alicyclic amines) is 1. The van der Waals surface area contributed by atoms with E-state index in [0.29, 0.717) is 43.7 Å². The number of rotatable bonds is 11. The van der Waals surface area contributed by atoms with Crippen LogP contribution in [0.25, 0.3) is 11.1 Å². The van der Waals surface area contributed by atoms with E-state index in [1.54, 1.807) is 37.4 Å². The Balaban J connectivity index is 1.22. The van der Waals surface area contributed by atoms with Gasteiger partial charge in [0.2, 0.25) is 5.91 Å². The molecule has 2 aromatic carbocycles. The monoisotopic (exact) mass is 697 g/mol. The van der Waals surface area contributed by atoms with Gasteiger partial charge in [-0.2, -0.15) is 0 Å². The number of esters is 2. The second-order valence-electron chi connectivity index (χ2n) is 13.1. The molecule has 0 bridgehead atoms. The third-order valence-corrected chi connectivity index (χ3v) is 9.88. The van der Waals surface area contributed by atoms with Crippen LogP contribution < -0.4 is 14.8 Å². The molecule has 49 heavy (non-hydrogen) atoms. The number of hydrogen-bond donors (Lipinski definition) is 1. The third-order valence-electron chi connectivity index (χ3n) is 9.30. The number of amides is 2. The van der Waals surface area contributed by atoms with E-state index in [4.69, 9.17) is 23.7 Å². The van der Waals surface area contributed by atoms with E-state index in [-0.39, 0.29) is 48.5 Å². The standard InChI is InChI=1S/C35H44N3O10P/c1-19(2)31(36-35(43)45-5)32(40)38-20(3)6-11-27(38)34(42)48-24-8-10-26-25-9-7-22(13-23(25)17-46-30(26)14-24)29(39)18-47-33(41)28-12-21(16-44-4)15-37(28)49/h7-10,13-14,19-21,27-28,31H,6,11-12,15-18,49H2,1-5H3,(H,36,43)/t20-,21-,27-,28-,31-/m0/s1. The minimum Gasteiger partial charge on any atom is -0.488 e. The number of fused-ring (bicyclic) bond motifs is 3. The van der Waals surface area contributed by atoms with Crippen LogP contribution in [0.4, 0.5) is 4.79 Å². The number of nitrogens with zero attached hydrogens (tertiary/aromatic N) is 2. The average Bonchev–Trinajstić information content (AvgIpc) is 3.66. The smallest absolute Gasteiger partial charge is 0.407 e. The predicted molar refractivity (Wildman–Crippen MR) is 181 cm³/mol. The average molecular weight is 698 g/mol. The zero-order chi connectivity index (χ0) is 35.4. The van der Waals surface area contributed by atoms with Crippen LogP contribution in [0.15, 0.2) is 36.4 Å². The minimum absolute atomic E-state index is 0.178. The molecule has 3 heterocycles. The van der Waals surface area contributed by atoms with E-state index in [0.717, 1.165) is 16.7 Å².